The third kappa shape index (κ3) is 4.82. The summed E-state index contributed by atoms with van der Waals surface area (Å²) in [6.07, 6.45) is 3.97. The molecule has 22 heavy (non-hydrogen) atoms. The maximum Gasteiger partial charge on any atom is 0.303 e. The van der Waals surface area contributed by atoms with Crippen molar-refractivity contribution in [1.29, 1.82) is 0 Å². The Morgan fingerprint density at radius 3 is 2.64 bits per heavy atom. The van der Waals surface area contributed by atoms with Gasteiger partial charge in [-0.1, -0.05) is 30.3 Å². The zero-order chi connectivity index (χ0) is 15.4. The molecule has 2 aliphatic rings. The average Bonchev–Trinajstić information content (AvgIpc) is 3.29. The van der Waals surface area contributed by atoms with E-state index in [4.69, 9.17) is 5.11 Å². The van der Waals surface area contributed by atoms with Gasteiger partial charge in [0.25, 0.3) is 0 Å². The van der Waals surface area contributed by atoms with Crippen molar-refractivity contribution >= 4 is 5.97 Å². The van der Waals surface area contributed by atoms with Gasteiger partial charge in [-0.3, -0.25) is 4.79 Å². The van der Waals surface area contributed by atoms with Crippen LogP contribution in [0, 0.1) is 11.8 Å². The molecule has 2 N–H and O–H groups in total. The zero-order valence-corrected chi connectivity index (χ0v) is 13.1. The first kappa shape index (κ1) is 15.5. The first-order valence-electron chi connectivity index (χ1n) is 8.40. The minimum absolute atomic E-state index is 0.276. The lowest BCUT2D eigenvalue weighted by Crippen LogP contribution is -2.49. The topological polar surface area (TPSA) is 52.6 Å². The van der Waals surface area contributed by atoms with Crippen molar-refractivity contribution in [2.75, 3.05) is 19.6 Å². The molecule has 2 unspecified atom stereocenters. The Morgan fingerprint density at radius 2 is 1.95 bits per heavy atom. The van der Waals surface area contributed by atoms with Crippen LogP contribution in [-0.4, -0.2) is 41.7 Å². The van der Waals surface area contributed by atoms with E-state index < -0.39 is 5.97 Å². The lowest BCUT2D eigenvalue weighted by atomic mass is 9.91. The van der Waals surface area contributed by atoms with E-state index in [2.05, 4.69) is 34.5 Å². The predicted molar refractivity (Wildman–Crippen MR) is 86.6 cm³/mol. The molecule has 120 valence electrons. The zero-order valence-electron chi connectivity index (χ0n) is 13.1. The van der Waals surface area contributed by atoms with E-state index in [1.165, 1.54) is 18.4 Å². The molecule has 0 spiro atoms. The third-order valence-electron chi connectivity index (χ3n) is 4.73. The Kier molecular flexibility index (Phi) is 5.11. The lowest BCUT2D eigenvalue weighted by molar-refractivity contribution is -0.138. The number of nitrogens with zero attached hydrogens (tertiary/aromatic N) is 1. The van der Waals surface area contributed by atoms with Crippen molar-refractivity contribution in [3.63, 3.8) is 0 Å². The van der Waals surface area contributed by atoms with Gasteiger partial charge in [-0.25, -0.2) is 0 Å². The Bertz CT molecular complexity index is 487. The van der Waals surface area contributed by atoms with Gasteiger partial charge in [0, 0.05) is 38.6 Å². The van der Waals surface area contributed by atoms with Gasteiger partial charge in [-0.05, 0) is 36.7 Å². The molecule has 4 heteroatoms. The van der Waals surface area contributed by atoms with Crippen LogP contribution in [-0.2, 0) is 11.3 Å². The highest BCUT2D eigenvalue weighted by molar-refractivity contribution is 5.67. The van der Waals surface area contributed by atoms with Crippen LogP contribution in [0.2, 0.25) is 0 Å². The Morgan fingerprint density at radius 1 is 1.18 bits per heavy atom. The number of rotatable bonds is 7. The summed E-state index contributed by atoms with van der Waals surface area (Å²) in [6, 6.07) is 10.8. The maximum absolute atomic E-state index is 11.1. The number of piperidine rings is 1. The molecule has 0 aromatic heterocycles. The van der Waals surface area contributed by atoms with Crippen molar-refractivity contribution in [2.45, 2.75) is 38.3 Å². The Balaban J connectivity index is 1.54. The highest BCUT2D eigenvalue weighted by Crippen LogP contribution is 2.31. The largest absolute Gasteiger partial charge is 0.481 e. The van der Waals surface area contributed by atoms with Crippen LogP contribution >= 0.6 is 0 Å². The van der Waals surface area contributed by atoms with E-state index in [0.717, 1.165) is 38.5 Å². The molecule has 3 rings (SSSR count). The van der Waals surface area contributed by atoms with Gasteiger partial charge in [0.2, 0.25) is 0 Å². The van der Waals surface area contributed by atoms with E-state index in [-0.39, 0.29) is 5.92 Å². The third-order valence-corrected chi connectivity index (χ3v) is 4.73. The second-order valence-electron chi connectivity index (χ2n) is 6.92. The number of carbonyl (C=O) groups is 1. The second kappa shape index (κ2) is 7.25. The van der Waals surface area contributed by atoms with Gasteiger partial charge in [-0.15, -0.1) is 0 Å². The molecule has 2 atom stereocenters. The number of carboxylic acids is 1. The molecule has 1 saturated carbocycles. The summed E-state index contributed by atoms with van der Waals surface area (Å²) in [5, 5.41) is 12.7. The van der Waals surface area contributed by atoms with Crippen LogP contribution in [0.3, 0.4) is 0 Å². The van der Waals surface area contributed by atoms with Crippen LogP contribution < -0.4 is 5.32 Å². The van der Waals surface area contributed by atoms with Gasteiger partial charge in [0.05, 0.1) is 0 Å². The van der Waals surface area contributed by atoms with Crippen molar-refractivity contribution < 1.29 is 9.90 Å². The van der Waals surface area contributed by atoms with Crippen LogP contribution in [0.5, 0.6) is 0 Å². The lowest BCUT2D eigenvalue weighted by Gasteiger charge is -2.38. The van der Waals surface area contributed by atoms with E-state index in [1.54, 1.807) is 0 Å². The number of benzene rings is 1. The van der Waals surface area contributed by atoms with Gasteiger partial charge in [0.15, 0.2) is 0 Å². The standard InChI is InChI=1S/C18H26N2O2/c21-18(22)9-16-8-17(13-20(12-16)11-15-6-7-15)19-10-14-4-2-1-3-5-14/h1-5,15-17,19H,6-13H2,(H,21,22). The molecule has 1 aromatic carbocycles. The highest BCUT2D eigenvalue weighted by atomic mass is 16.4. The number of carboxylic acid groups (broad SMARTS) is 1. The van der Waals surface area contributed by atoms with Crippen molar-refractivity contribution in [3.8, 4) is 0 Å². The molecule has 1 aliphatic heterocycles. The number of nitrogens with one attached hydrogen (secondary N) is 1. The normalized spacial score (nSPS) is 26.0. The van der Waals surface area contributed by atoms with E-state index in [9.17, 15) is 4.79 Å². The summed E-state index contributed by atoms with van der Waals surface area (Å²) >= 11 is 0. The fraction of sp³-hybridized carbons (Fsp3) is 0.611. The summed E-state index contributed by atoms with van der Waals surface area (Å²) in [5.41, 5.74) is 1.29. The minimum atomic E-state index is -0.667. The summed E-state index contributed by atoms with van der Waals surface area (Å²) in [6.45, 7) is 4.02. The molecule has 1 heterocycles. The SMILES string of the molecule is O=C(O)CC1CC(NCc2ccccc2)CN(CC2CC2)C1. The summed E-state index contributed by atoms with van der Waals surface area (Å²) in [5.74, 6) is 0.469. The van der Waals surface area contributed by atoms with Crippen molar-refractivity contribution in [3.05, 3.63) is 35.9 Å². The molecule has 2 fully saturated rings. The monoisotopic (exact) mass is 302 g/mol. The molecule has 1 saturated heterocycles. The first-order chi connectivity index (χ1) is 10.7. The van der Waals surface area contributed by atoms with Crippen LogP contribution in [0.1, 0.15) is 31.2 Å². The van der Waals surface area contributed by atoms with E-state index >= 15 is 0 Å². The smallest absolute Gasteiger partial charge is 0.303 e. The summed E-state index contributed by atoms with van der Waals surface area (Å²) < 4.78 is 0. The van der Waals surface area contributed by atoms with Crippen molar-refractivity contribution in [2.24, 2.45) is 11.8 Å². The first-order valence-corrected chi connectivity index (χ1v) is 8.40. The molecule has 1 aromatic rings. The highest BCUT2D eigenvalue weighted by Gasteiger charge is 2.32. The predicted octanol–water partition coefficient (Wildman–Crippen LogP) is 2.35. The Labute approximate surface area is 132 Å². The average molecular weight is 302 g/mol. The van der Waals surface area contributed by atoms with Gasteiger partial charge < -0.3 is 15.3 Å². The molecule has 1 aliphatic carbocycles. The fourth-order valence-electron chi connectivity index (χ4n) is 3.52. The van der Waals surface area contributed by atoms with E-state index in [0.29, 0.717) is 12.5 Å². The molecular formula is C18H26N2O2. The van der Waals surface area contributed by atoms with Gasteiger partial charge in [0.1, 0.15) is 0 Å². The molecule has 0 amide bonds. The molecule has 0 radical (unpaired) electrons. The maximum atomic E-state index is 11.1. The van der Waals surface area contributed by atoms with Crippen LogP contribution in [0.15, 0.2) is 30.3 Å². The second-order valence-corrected chi connectivity index (χ2v) is 6.92. The minimum Gasteiger partial charge on any atom is -0.481 e. The van der Waals surface area contributed by atoms with Crippen LogP contribution in [0.4, 0.5) is 0 Å². The number of aliphatic carboxylic acids is 1. The van der Waals surface area contributed by atoms with Crippen molar-refractivity contribution in [1.82, 2.24) is 10.2 Å². The van der Waals surface area contributed by atoms with Gasteiger partial charge >= 0.3 is 5.97 Å². The molecule has 0 bridgehead atoms. The summed E-state index contributed by atoms with van der Waals surface area (Å²) in [7, 11) is 0. The fourth-order valence-corrected chi connectivity index (χ4v) is 3.52. The Hall–Kier alpha value is -1.39. The quantitative estimate of drug-likeness (QED) is 0.812. The number of likely N-dealkylation sites (tertiary alicyclic amines) is 1. The number of hydrogen-bond donors (Lipinski definition) is 2. The molecular weight excluding hydrogens is 276 g/mol. The number of hydrogen-bond acceptors (Lipinski definition) is 3. The van der Waals surface area contributed by atoms with E-state index in [1.807, 2.05) is 6.07 Å². The van der Waals surface area contributed by atoms with Crippen LogP contribution in [0.25, 0.3) is 0 Å². The molecule has 4 nitrogen and oxygen atoms in total. The van der Waals surface area contributed by atoms with Gasteiger partial charge in [-0.2, -0.15) is 0 Å². The summed E-state index contributed by atoms with van der Waals surface area (Å²) in [4.78, 5) is 13.5.